The van der Waals surface area contributed by atoms with E-state index in [9.17, 15) is 14.9 Å². The van der Waals surface area contributed by atoms with Crippen LogP contribution < -0.4 is 4.90 Å². The summed E-state index contributed by atoms with van der Waals surface area (Å²) in [5.74, 6) is -1.10. The van der Waals surface area contributed by atoms with Crippen LogP contribution in [0, 0.1) is 11.3 Å². The zero-order valence-electron chi connectivity index (χ0n) is 14.1. The highest BCUT2D eigenvalue weighted by molar-refractivity contribution is 6.38. The standard InChI is InChI=1S/C19H18N2O3/c1-5-24-18(23)14(10-20)15-13-8-6-7-12-11(2)9-19(3,4)21(16(12)13)17(15)22/h6-9H,5H2,1-4H3. The van der Waals surface area contributed by atoms with Crippen LogP contribution in [-0.4, -0.2) is 24.0 Å². The quantitative estimate of drug-likeness (QED) is 0.476. The molecule has 1 amide bonds. The van der Waals surface area contributed by atoms with E-state index in [1.54, 1.807) is 17.9 Å². The molecule has 0 fully saturated rings. The smallest absolute Gasteiger partial charge is 0.349 e. The van der Waals surface area contributed by atoms with Crippen LogP contribution in [0.1, 0.15) is 38.8 Å². The maximum atomic E-state index is 13.1. The fourth-order valence-electron chi connectivity index (χ4n) is 3.50. The summed E-state index contributed by atoms with van der Waals surface area (Å²) in [7, 11) is 0. The lowest BCUT2D eigenvalue weighted by Crippen LogP contribution is -2.46. The molecule has 0 N–H and O–H groups in total. The van der Waals surface area contributed by atoms with E-state index in [0.29, 0.717) is 5.56 Å². The first-order chi connectivity index (χ1) is 11.3. The van der Waals surface area contributed by atoms with E-state index in [2.05, 4.69) is 0 Å². The molecule has 24 heavy (non-hydrogen) atoms. The van der Waals surface area contributed by atoms with Crippen molar-refractivity contribution >= 4 is 28.7 Å². The third-order valence-electron chi connectivity index (χ3n) is 4.36. The lowest BCUT2D eigenvalue weighted by molar-refractivity contribution is -0.138. The van der Waals surface area contributed by atoms with Gasteiger partial charge in [0, 0.05) is 11.1 Å². The molecule has 0 radical (unpaired) electrons. The molecule has 0 aromatic heterocycles. The summed E-state index contributed by atoms with van der Waals surface area (Å²) in [5.41, 5.74) is 2.73. The monoisotopic (exact) mass is 322 g/mol. The average Bonchev–Trinajstić information content (AvgIpc) is 2.80. The largest absolute Gasteiger partial charge is 0.462 e. The van der Waals surface area contributed by atoms with E-state index < -0.39 is 11.5 Å². The van der Waals surface area contributed by atoms with Crippen molar-refractivity contribution < 1.29 is 14.3 Å². The highest BCUT2D eigenvalue weighted by atomic mass is 16.5. The number of esters is 1. The van der Waals surface area contributed by atoms with E-state index in [0.717, 1.165) is 16.8 Å². The first kappa shape index (κ1) is 16.0. The molecule has 1 aromatic rings. The van der Waals surface area contributed by atoms with Crippen LogP contribution in [0.3, 0.4) is 0 Å². The first-order valence-electron chi connectivity index (χ1n) is 7.82. The molecular weight excluding hydrogens is 304 g/mol. The molecule has 122 valence electrons. The average molecular weight is 322 g/mol. The van der Waals surface area contributed by atoms with Crippen LogP contribution >= 0.6 is 0 Å². The number of carbonyl (C=O) groups excluding carboxylic acids is 2. The van der Waals surface area contributed by atoms with Gasteiger partial charge in [-0.3, -0.25) is 9.69 Å². The van der Waals surface area contributed by atoms with Crippen molar-refractivity contribution in [2.24, 2.45) is 0 Å². The number of hydrogen-bond acceptors (Lipinski definition) is 4. The van der Waals surface area contributed by atoms with Crippen LogP contribution in [0.25, 0.3) is 11.1 Å². The Morgan fingerprint density at radius 1 is 1.33 bits per heavy atom. The third kappa shape index (κ3) is 2.07. The van der Waals surface area contributed by atoms with Crippen molar-refractivity contribution in [3.63, 3.8) is 0 Å². The van der Waals surface area contributed by atoms with Crippen molar-refractivity contribution in [3.8, 4) is 6.07 Å². The predicted octanol–water partition coefficient (Wildman–Crippen LogP) is 3.07. The van der Waals surface area contributed by atoms with Gasteiger partial charge in [0.15, 0.2) is 5.57 Å². The Bertz CT molecular complexity index is 869. The Balaban J connectivity index is 2.33. The number of para-hydroxylation sites is 1. The number of rotatable bonds is 2. The van der Waals surface area contributed by atoms with E-state index in [-0.39, 0.29) is 23.7 Å². The van der Waals surface area contributed by atoms with E-state index in [4.69, 9.17) is 4.74 Å². The summed E-state index contributed by atoms with van der Waals surface area (Å²) in [4.78, 5) is 26.9. The maximum absolute atomic E-state index is 13.1. The Morgan fingerprint density at radius 3 is 2.62 bits per heavy atom. The van der Waals surface area contributed by atoms with Gasteiger partial charge in [-0.05, 0) is 33.3 Å². The Morgan fingerprint density at radius 2 is 2.00 bits per heavy atom. The molecule has 0 atom stereocenters. The molecular formula is C19H18N2O3. The maximum Gasteiger partial charge on any atom is 0.349 e. The second kappa shape index (κ2) is 5.34. The Hall–Kier alpha value is -2.87. The normalized spacial score (nSPS) is 19.4. The zero-order chi connectivity index (χ0) is 17.6. The van der Waals surface area contributed by atoms with Gasteiger partial charge in [-0.25, -0.2) is 4.79 Å². The summed E-state index contributed by atoms with van der Waals surface area (Å²) in [6, 6.07) is 7.42. The number of hydrogen-bond donors (Lipinski definition) is 0. The van der Waals surface area contributed by atoms with Crippen molar-refractivity contribution in [2.75, 3.05) is 11.5 Å². The number of ether oxygens (including phenoxy) is 1. The van der Waals surface area contributed by atoms with Gasteiger partial charge in [-0.1, -0.05) is 24.3 Å². The van der Waals surface area contributed by atoms with Gasteiger partial charge in [0.05, 0.1) is 23.4 Å². The summed E-state index contributed by atoms with van der Waals surface area (Å²) in [6.45, 7) is 7.68. The minimum Gasteiger partial charge on any atom is -0.462 e. The van der Waals surface area contributed by atoms with Gasteiger partial charge in [0.2, 0.25) is 0 Å². The number of carbonyl (C=O) groups is 2. The summed E-state index contributed by atoms with van der Waals surface area (Å²) in [6.07, 6.45) is 2.02. The van der Waals surface area contributed by atoms with E-state index in [1.807, 2.05) is 45.0 Å². The van der Waals surface area contributed by atoms with Crippen LogP contribution in [0.4, 0.5) is 5.69 Å². The fourth-order valence-corrected chi connectivity index (χ4v) is 3.50. The number of nitriles is 1. The molecule has 2 heterocycles. The predicted molar refractivity (Wildman–Crippen MR) is 90.8 cm³/mol. The van der Waals surface area contributed by atoms with Gasteiger partial charge >= 0.3 is 5.97 Å². The fraction of sp³-hybridized carbons (Fsp3) is 0.316. The summed E-state index contributed by atoms with van der Waals surface area (Å²) in [5, 5.41) is 9.46. The third-order valence-corrected chi connectivity index (χ3v) is 4.36. The molecule has 0 saturated carbocycles. The molecule has 0 bridgehead atoms. The minimum atomic E-state index is -0.761. The number of nitrogens with zero attached hydrogens (tertiary/aromatic N) is 2. The lowest BCUT2D eigenvalue weighted by Gasteiger charge is -2.38. The van der Waals surface area contributed by atoms with E-state index in [1.165, 1.54) is 0 Å². The molecule has 3 rings (SSSR count). The Kier molecular flexibility index (Phi) is 3.56. The molecule has 0 spiro atoms. The number of anilines is 1. The van der Waals surface area contributed by atoms with Crippen molar-refractivity contribution in [3.05, 3.63) is 41.0 Å². The van der Waals surface area contributed by atoms with Crippen molar-refractivity contribution in [1.29, 1.82) is 5.26 Å². The summed E-state index contributed by atoms with van der Waals surface area (Å²) >= 11 is 0. The molecule has 0 saturated heterocycles. The molecule has 5 nitrogen and oxygen atoms in total. The van der Waals surface area contributed by atoms with Gasteiger partial charge in [0.1, 0.15) is 6.07 Å². The minimum absolute atomic E-state index is 0.129. The molecule has 1 aromatic carbocycles. The number of amides is 1. The summed E-state index contributed by atoms with van der Waals surface area (Å²) < 4.78 is 4.96. The van der Waals surface area contributed by atoms with Crippen molar-refractivity contribution in [2.45, 2.75) is 33.2 Å². The lowest BCUT2D eigenvalue weighted by atomic mass is 9.89. The second-order valence-electron chi connectivity index (χ2n) is 6.41. The number of benzene rings is 1. The molecule has 2 aliphatic rings. The van der Waals surface area contributed by atoms with E-state index >= 15 is 0 Å². The van der Waals surface area contributed by atoms with Crippen molar-refractivity contribution in [1.82, 2.24) is 0 Å². The Labute approximate surface area is 140 Å². The SMILES string of the molecule is CCOC(=O)C(C#N)=C1C(=O)N2c3c(cccc31)C(C)=CC2(C)C. The molecule has 0 unspecified atom stereocenters. The van der Waals surface area contributed by atoms with Gasteiger partial charge in [0.25, 0.3) is 5.91 Å². The van der Waals surface area contributed by atoms with Crippen LogP contribution in [0.15, 0.2) is 29.8 Å². The number of allylic oxidation sites excluding steroid dienone is 1. The first-order valence-corrected chi connectivity index (χ1v) is 7.82. The molecule has 0 aliphatic carbocycles. The van der Waals surface area contributed by atoms with Gasteiger partial charge in [-0.15, -0.1) is 0 Å². The zero-order valence-corrected chi connectivity index (χ0v) is 14.1. The topological polar surface area (TPSA) is 70.4 Å². The van der Waals surface area contributed by atoms with Gasteiger partial charge < -0.3 is 4.74 Å². The van der Waals surface area contributed by atoms with Gasteiger partial charge in [-0.2, -0.15) is 5.26 Å². The van der Waals surface area contributed by atoms with Crippen LogP contribution in [0.5, 0.6) is 0 Å². The second-order valence-corrected chi connectivity index (χ2v) is 6.41. The highest BCUT2D eigenvalue weighted by Crippen LogP contribution is 2.49. The van der Waals surface area contributed by atoms with Crippen LogP contribution in [0.2, 0.25) is 0 Å². The highest BCUT2D eigenvalue weighted by Gasteiger charge is 2.46. The molecule has 5 heteroatoms. The molecule has 2 aliphatic heterocycles. The van der Waals surface area contributed by atoms with Crippen LogP contribution in [-0.2, 0) is 14.3 Å².